The van der Waals surface area contributed by atoms with Gasteiger partial charge in [-0.25, -0.2) is 4.79 Å². The maximum atomic E-state index is 13.0. The number of halogens is 1. The molecular formula is C19H27BrN2O3. The number of rotatable bonds is 3. The van der Waals surface area contributed by atoms with Gasteiger partial charge in [-0.2, -0.15) is 0 Å². The van der Waals surface area contributed by atoms with Crippen molar-refractivity contribution in [2.75, 3.05) is 13.6 Å². The first kappa shape index (κ1) is 19.8. The van der Waals surface area contributed by atoms with Crippen LogP contribution < -0.4 is 0 Å². The smallest absolute Gasteiger partial charge is 0.410 e. The van der Waals surface area contributed by atoms with Crippen molar-refractivity contribution in [3.63, 3.8) is 0 Å². The fourth-order valence-electron chi connectivity index (χ4n) is 2.94. The van der Waals surface area contributed by atoms with E-state index in [0.717, 1.165) is 22.9 Å². The Hall–Kier alpha value is -1.56. The first-order chi connectivity index (χ1) is 11.7. The minimum absolute atomic E-state index is 0.0405. The topological polar surface area (TPSA) is 49.9 Å². The predicted octanol–water partition coefficient (Wildman–Crippen LogP) is 4.20. The summed E-state index contributed by atoms with van der Waals surface area (Å²) in [6.45, 7) is 6.58. The first-order valence-corrected chi connectivity index (χ1v) is 9.46. The second-order valence-electron chi connectivity index (χ2n) is 7.47. The van der Waals surface area contributed by atoms with Gasteiger partial charge < -0.3 is 9.64 Å². The molecule has 1 aromatic carbocycles. The molecule has 138 valence electrons. The van der Waals surface area contributed by atoms with E-state index >= 15 is 0 Å². The standard InChI is InChI=1S/C19H27BrN2O3/c1-19(2,3)25-18(24)22-12-8-7-11-16(22)17(23)21(4)13-14-9-5-6-10-15(14)20/h5-6,9-10,16H,7-8,11-13H2,1-4H3. The van der Waals surface area contributed by atoms with Gasteiger partial charge in [0, 0.05) is 24.6 Å². The number of hydrogen-bond acceptors (Lipinski definition) is 3. The number of benzene rings is 1. The summed E-state index contributed by atoms with van der Waals surface area (Å²) in [6, 6.07) is 7.39. The number of carbonyl (C=O) groups excluding carboxylic acids is 2. The molecule has 2 rings (SSSR count). The van der Waals surface area contributed by atoms with E-state index in [9.17, 15) is 9.59 Å². The summed E-state index contributed by atoms with van der Waals surface area (Å²) in [5.74, 6) is -0.0405. The zero-order chi connectivity index (χ0) is 18.6. The lowest BCUT2D eigenvalue weighted by Gasteiger charge is -2.37. The van der Waals surface area contributed by atoms with E-state index in [1.54, 1.807) is 16.8 Å². The zero-order valence-electron chi connectivity index (χ0n) is 15.4. The van der Waals surface area contributed by atoms with Crippen LogP contribution in [0.3, 0.4) is 0 Å². The molecule has 0 N–H and O–H groups in total. The van der Waals surface area contributed by atoms with Crippen molar-refractivity contribution in [3.05, 3.63) is 34.3 Å². The van der Waals surface area contributed by atoms with Crippen molar-refractivity contribution in [3.8, 4) is 0 Å². The van der Waals surface area contributed by atoms with Crippen LogP contribution in [0.4, 0.5) is 4.79 Å². The molecule has 5 nitrogen and oxygen atoms in total. The van der Waals surface area contributed by atoms with Gasteiger partial charge in [0.25, 0.3) is 0 Å². The van der Waals surface area contributed by atoms with E-state index in [1.165, 1.54) is 0 Å². The second-order valence-corrected chi connectivity index (χ2v) is 8.33. The fraction of sp³-hybridized carbons (Fsp3) is 0.579. The minimum Gasteiger partial charge on any atom is -0.444 e. The number of amides is 2. The van der Waals surface area contributed by atoms with Gasteiger partial charge in [0.2, 0.25) is 5.91 Å². The van der Waals surface area contributed by atoms with Crippen LogP contribution in [-0.2, 0) is 16.1 Å². The SMILES string of the molecule is CN(Cc1ccccc1Br)C(=O)C1CCCCN1C(=O)OC(C)(C)C. The van der Waals surface area contributed by atoms with E-state index in [2.05, 4.69) is 15.9 Å². The monoisotopic (exact) mass is 410 g/mol. The number of piperidine rings is 1. The maximum absolute atomic E-state index is 13.0. The number of hydrogen-bond donors (Lipinski definition) is 0. The summed E-state index contributed by atoms with van der Waals surface area (Å²) in [5, 5.41) is 0. The molecule has 6 heteroatoms. The summed E-state index contributed by atoms with van der Waals surface area (Å²) < 4.78 is 6.46. The molecule has 2 amide bonds. The molecule has 0 saturated carbocycles. The Morgan fingerprint density at radius 1 is 1.28 bits per heavy atom. The normalized spacial score (nSPS) is 18.0. The lowest BCUT2D eigenvalue weighted by Crippen LogP contribution is -2.53. The van der Waals surface area contributed by atoms with Crippen LogP contribution in [0, 0.1) is 0 Å². The van der Waals surface area contributed by atoms with E-state index in [1.807, 2.05) is 45.0 Å². The Labute approximate surface area is 158 Å². The highest BCUT2D eigenvalue weighted by molar-refractivity contribution is 9.10. The number of likely N-dealkylation sites (tertiary alicyclic amines) is 1. The Bertz CT molecular complexity index is 627. The largest absolute Gasteiger partial charge is 0.444 e. The van der Waals surface area contributed by atoms with Crippen molar-refractivity contribution in [1.29, 1.82) is 0 Å². The maximum Gasteiger partial charge on any atom is 0.410 e. The van der Waals surface area contributed by atoms with Crippen LogP contribution in [-0.4, -0.2) is 47.0 Å². The molecule has 1 fully saturated rings. The van der Waals surface area contributed by atoms with E-state index in [4.69, 9.17) is 4.74 Å². The molecule has 1 aliphatic rings. The van der Waals surface area contributed by atoms with Gasteiger partial charge in [-0.05, 0) is 51.7 Å². The van der Waals surface area contributed by atoms with Crippen LogP contribution in [0.15, 0.2) is 28.7 Å². The summed E-state index contributed by atoms with van der Waals surface area (Å²) >= 11 is 3.52. The molecule has 0 aliphatic carbocycles. The van der Waals surface area contributed by atoms with Crippen LogP contribution in [0.25, 0.3) is 0 Å². The fourth-order valence-corrected chi connectivity index (χ4v) is 3.35. The molecule has 0 aromatic heterocycles. The average Bonchev–Trinajstić information content (AvgIpc) is 2.54. The molecule has 1 aliphatic heterocycles. The van der Waals surface area contributed by atoms with Gasteiger partial charge in [0.1, 0.15) is 11.6 Å². The molecule has 1 saturated heterocycles. The van der Waals surface area contributed by atoms with Crippen molar-refractivity contribution >= 4 is 27.9 Å². The van der Waals surface area contributed by atoms with Gasteiger partial charge >= 0.3 is 6.09 Å². The highest BCUT2D eigenvalue weighted by Gasteiger charge is 2.36. The third-order valence-corrected chi connectivity index (χ3v) is 4.93. The van der Waals surface area contributed by atoms with Crippen LogP contribution in [0.2, 0.25) is 0 Å². The highest BCUT2D eigenvalue weighted by atomic mass is 79.9. The van der Waals surface area contributed by atoms with Gasteiger partial charge in [0.15, 0.2) is 0 Å². The van der Waals surface area contributed by atoms with Crippen molar-refractivity contribution in [2.45, 2.75) is 58.2 Å². The summed E-state index contributed by atoms with van der Waals surface area (Å²) in [6.07, 6.45) is 2.12. The number of ether oxygens (including phenoxy) is 1. The quantitative estimate of drug-likeness (QED) is 0.749. The molecule has 0 spiro atoms. The number of nitrogens with zero attached hydrogens (tertiary/aromatic N) is 2. The summed E-state index contributed by atoms with van der Waals surface area (Å²) in [7, 11) is 1.78. The molecule has 1 aromatic rings. The van der Waals surface area contributed by atoms with Crippen molar-refractivity contribution in [1.82, 2.24) is 9.80 Å². The Balaban J connectivity index is 2.09. The van der Waals surface area contributed by atoms with E-state index in [-0.39, 0.29) is 5.91 Å². The van der Waals surface area contributed by atoms with Crippen LogP contribution in [0.1, 0.15) is 45.6 Å². The minimum atomic E-state index is -0.567. The van der Waals surface area contributed by atoms with Gasteiger partial charge in [-0.3, -0.25) is 9.69 Å². The Morgan fingerprint density at radius 2 is 1.96 bits per heavy atom. The summed E-state index contributed by atoms with van der Waals surface area (Å²) in [5.41, 5.74) is 0.473. The molecular weight excluding hydrogens is 384 g/mol. The lowest BCUT2D eigenvalue weighted by molar-refractivity contribution is -0.137. The molecule has 25 heavy (non-hydrogen) atoms. The van der Waals surface area contributed by atoms with Gasteiger partial charge in [-0.15, -0.1) is 0 Å². The highest BCUT2D eigenvalue weighted by Crippen LogP contribution is 2.23. The van der Waals surface area contributed by atoms with Gasteiger partial charge in [-0.1, -0.05) is 34.1 Å². The van der Waals surface area contributed by atoms with E-state index in [0.29, 0.717) is 19.5 Å². The molecule has 0 radical (unpaired) electrons. The first-order valence-electron chi connectivity index (χ1n) is 8.67. The van der Waals surface area contributed by atoms with Crippen molar-refractivity contribution in [2.24, 2.45) is 0 Å². The third-order valence-electron chi connectivity index (χ3n) is 4.16. The van der Waals surface area contributed by atoms with Gasteiger partial charge in [0.05, 0.1) is 0 Å². The number of likely N-dealkylation sites (N-methyl/N-ethyl adjacent to an activating group) is 1. The Morgan fingerprint density at radius 3 is 2.60 bits per heavy atom. The molecule has 1 atom stereocenters. The third kappa shape index (κ3) is 5.46. The second kappa shape index (κ2) is 8.21. The predicted molar refractivity (Wildman–Crippen MR) is 101 cm³/mol. The average molecular weight is 411 g/mol. The Kier molecular flexibility index (Phi) is 6.49. The van der Waals surface area contributed by atoms with Crippen LogP contribution in [0.5, 0.6) is 0 Å². The molecule has 0 bridgehead atoms. The summed E-state index contributed by atoms with van der Waals surface area (Å²) in [4.78, 5) is 28.7. The number of carbonyl (C=O) groups is 2. The van der Waals surface area contributed by atoms with E-state index < -0.39 is 17.7 Å². The molecule has 1 heterocycles. The van der Waals surface area contributed by atoms with Crippen LogP contribution >= 0.6 is 15.9 Å². The lowest BCUT2D eigenvalue weighted by atomic mass is 10.0. The molecule has 1 unspecified atom stereocenters. The van der Waals surface area contributed by atoms with Crippen molar-refractivity contribution < 1.29 is 14.3 Å². The zero-order valence-corrected chi connectivity index (χ0v) is 17.0.